The van der Waals surface area contributed by atoms with Gasteiger partial charge in [0.25, 0.3) is 5.69 Å². The molecule has 1 unspecified atom stereocenters. The van der Waals surface area contributed by atoms with E-state index in [2.05, 4.69) is 17.0 Å². The Hall–Kier alpha value is -2.52. The number of rotatable bonds is 5. The highest BCUT2D eigenvalue weighted by Crippen LogP contribution is 2.35. The summed E-state index contributed by atoms with van der Waals surface area (Å²) in [6, 6.07) is 6.60. The molecular weight excluding hydrogens is 378 g/mol. The molecule has 0 spiro atoms. The average molecular weight is 403 g/mol. The molecule has 0 radical (unpaired) electrons. The molecule has 1 aliphatic heterocycles. The Morgan fingerprint density at radius 3 is 2.79 bits per heavy atom. The molecule has 3 heterocycles. The van der Waals surface area contributed by atoms with E-state index in [1.807, 2.05) is 19.1 Å². The Kier molecular flexibility index (Phi) is 5.03. The van der Waals surface area contributed by atoms with Crippen LogP contribution in [-0.2, 0) is 6.42 Å². The molecule has 0 amide bonds. The molecule has 148 valence electrons. The smallest absolute Gasteiger partial charge is 0.269 e. The molecule has 0 bridgehead atoms. The van der Waals surface area contributed by atoms with E-state index < -0.39 is 0 Å². The highest BCUT2D eigenvalue weighted by atomic mass is 32.1. The van der Waals surface area contributed by atoms with Crippen molar-refractivity contribution < 1.29 is 14.9 Å². The fourth-order valence-electron chi connectivity index (χ4n) is 4.08. The van der Waals surface area contributed by atoms with E-state index in [0.717, 1.165) is 30.0 Å². The summed E-state index contributed by atoms with van der Waals surface area (Å²) in [5.41, 5.74) is 1.04. The minimum absolute atomic E-state index is 0.0731. The number of thiazole rings is 1. The first-order valence-corrected chi connectivity index (χ1v) is 10.5. The number of likely N-dealkylation sites (tertiary alicyclic amines) is 1. The molecule has 1 saturated heterocycles. The highest BCUT2D eigenvalue weighted by Gasteiger charge is 2.35. The maximum Gasteiger partial charge on any atom is 0.269 e. The average Bonchev–Trinajstić information content (AvgIpc) is 3.22. The second kappa shape index (κ2) is 7.48. The number of hydrogen-bond acceptors (Lipinski definition) is 6. The lowest BCUT2D eigenvalue weighted by Crippen LogP contribution is -3.13. The van der Waals surface area contributed by atoms with Gasteiger partial charge in [-0.1, -0.05) is 25.2 Å². The van der Waals surface area contributed by atoms with Gasteiger partial charge in [0.2, 0.25) is 10.8 Å². The molecule has 3 aromatic rings. The van der Waals surface area contributed by atoms with Crippen LogP contribution in [0, 0.1) is 16.0 Å². The van der Waals surface area contributed by atoms with Crippen LogP contribution in [0.25, 0.3) is 4.96 Å². The van der Waals surface area contributed by atoms with E-state index in [-0.39, 0.29) is 22.5 Å². The summed E-state index contributed by atoms with van der Waals surface area (Å²) in [6.45, 7) is 6.23. The summed E-state index contributed by atoms with van der Waals surface area (Å²) in [5.74, 6) is 1.43. The van der Waals surface area contributed by atoms with Gasteiger partial charge in [-0.3, -0.25) is 10.1 Å². The van der Waals surface area contributed by atoms with Crippen LogP contribution >= 0.6 is 11.3 Å². The van der Waals surface area contributed by atoms with Crippen LogP contribution in [-0.4, -0.2) is 37.7 Å². The molecule has 9 heteroatoms. The number of non-ortho nitro benzene ring substituents is 1. The Balaban J connectivity index is 1.79. The molecule has 3 atom stereocenters. The standard InChI is InChI=1S/C19H23N5O3S/c1-3-15-20-19-23(21-15)18(25)17(28-19)16(22-10-4-5-12(2)11-22)13-6-8-14(9-7-13)24(26)27/h6-9,12,16,25H,3-5,10-11H2,1-2H3/p+1/t12-,16+/m0/s1. The molecule has 0 aliphatic carbocycles. The molecule has 2 aromatic heterocycles. The lowest BCUT2D eigenvalue weighted by atomic mass is 9.95. The number of piperidine rings is 1. The maximum absolute atomic E-state index is 11.0. The summed E-state index contributed by atoms with van der Waals surface area (Å²) < 4.78 is 1.52. The molecular formula is C19H24N5O3S+. The lowest BCUT2D eigenvalue weighted by Gasteiger charge is -2.34. The van der Waals surface area contributed by atoms with Crippen LogP contribution in [0.3, 0.4) is 0 Å². The van der Waals surface area contributed by atoms with E-state index in [9.17, 15) is 15.2 Å². The van der Waals surface area contributed by atoms with Gasteiger partial charge in [0.05, 0.1) is 18.0 Å². The van der Waals surface area contributed by atoms with Crippen LogP contribution < -0.4 is 4.90 Å². The molecule has 4 rings (SSSR count). The molecule has 0 saturated carbocycles. The summed E-state index contributed by atoms with van der Waals surface area (Å²) in [7, 11) is 0. The minimum Gasteiger partial charge on any atom is -0.492 e. The van der Waals surface area contributed by atoms with Crippen molar-refractivity contribution in [1.82, 2.24) is 14.6 Å². The fourth-order valence-corrected chi connectivity index (χ4v) is 5.24. The summed E-state index contributed by atoms with van der Waals surface area (Å²) in [4.78, 5) is 18.0. The number of fused-ring (bicyclic) bond motifs is 1. The van der Waals surface area contributed by atoms with Gasteiger partial charge >= 0.3 is 0 Å². The van der Waals surface area contributed by atoms with Crippen molar-refractivity contribution in [2.75, 3.05) is 13.1 Å². The third-order valence-electron chi connectivity index (χ3n) is 5.47. The molecule has 1 fully saturated rings. The predicted octanol–water partition coefficient (Wildman–Crippen LogP) is 2.37. The Morgan fingerprint density at radius 1 is 1.43 bits per heavy atom. The Morgan fingerprint density at radius 2 is 2.18 bits per heavy atom. The quantitative estimate of drug-likeness (QED) is 0.504. The highest BCUT2D eigenvalue weighted by molar-refractivity contribution is 7.17. The van der Waals surface area contributed by atoms with Gasteiger partial charge in [-0.15, -0.1) is 5.10 Å². The number of nitro groups is 1. The molecule has 2 N–H and O–H groups in total. The van der Waals surface area contributed by atoms with Crippen molar-refractivity contribution in [3.05, 3.63) is 50.6 Å². The second-order valence-electron chi connectivity index (χ2n) is 7.51. The van der Waals surface area contributed by atoms with Crippen LogP contribution in [0.5, 0.6) is 5.88 Å². The zero-order valence-electron chi connectivity index (χ0n) is 16.0. The number of nitrogens with one attached hydrogen (secondary N) is 1. The first-order chi connectivity index (χ1) is 13.5. The van der Waals surface area contributed by atoms with Crippen LogP contribution in [0.4, 0.5) is 5.69 Å². The molecule has 8 nitrogen and oxygen atoms in total. The number of nitrogens with zero attached hydrogens (tertiary/aromatic N) is 4. The third-order valence-corrected chi connectivity index (χ3v) is 6.56. The number of aryl methyl sites for hydroxylation is 1. The molecule has 1 aromatic carbocycles. The zero-order chi connectivity index (χ0) is 19.8. The van der Waals surface area contributed by atoms with Crippen molar-refractivity contribution in [2.45, 2.75) is 39.2 Å². The second-order valence-corrected chi connectivity index (χ2v) is 8.52. The number of hydrogen-bond donors (Lipinski definition) is 2. The minimum atomic E-state index is -0.387. The van der Waals surface area contributed by atoms with Gasteiger partial charge in [-0.2, -0.15) is 4.52 Å². The number of nitro benzene ring substituents is 1. The summed E-state index contributed by atoms with van der Waals surface area (Å²) >= 11 is 1.45. The van der Waals surface area contributed by atoms with Gasteiger partial charge in [-0.05, 0) is 25.0 Å². The molecule has 1 aliphatic rings. The van der Waals surface area contributed by atoms with Gasteiger partial charge in [-0.25, -0.2) is 4.98 Å². The van der Waals surface area contributed by atoms with Gasteiger partial charge in [0.15, 0.2) is 11.9 Å². The fraction of sp³-hybridized carbons (Fsp3) is 0.474. The number of aromatic hydroxyl groups is 1. The number of benzene rings is 1. The van der Waals surface area contributed by atoms with Crippen molar-refractivity contribution in [3.8, 4) is 5.88 Å². The van der Waals surface area contributed by atoms with Crippen LogP contribution in [0.2, 0.25) is 0 Å². The van der Waals surface area contributed by atoms with E-state index in [1.165, 1.54) is 27.2 Å². The van der Waals surface area contributed by atoms with Crippen LogP contribution in [0.15, 0.2) is 24.3 Å². The first kappa shape index (κ1) is 18.8. The SMILES string of the molecule is CCc1nc2sc([C@@H](c3ccc([N+](=O)[O-])cc3)[NH+]3CCC[C@H](C)C3)c(O)n2n1. The summed E-state index contributed by atoms with van der Waals surface area (Å²) in [5, 5.41) is 26.3. The lowest BCUT2D eigenvalue weighted by molar-refractivity contribution is -0.933. The van der Waals surface area contributed by atoms with E-state index in [4.69, 9.17) is 0 Å². The van der Waals surface area contributed by atoms with Crippen molar-refractivity contribution in [2.24, 2.45) is 5.92 Å². The van der Waals surface area contributed by atoms with Gasteiger partial charge < -0.3 is 10.0 Å². The van der Waals surface area contributed by atoms with Gasteiger partial charge in [0, 0.05) is 30.0 Å². The van der Waals surface area contributed by atoms with Crippen molar-refractivity contribution in [1.29, 1.82) is 0 Å². The number of aromatic nitrogens is 3. The Labute approximate surface area is 166 Å². The maximum atomic E-state index is 11.0. The van der Waals surface area contributed by atoms with Crippen molar-refractivity contribution >= 4 is 22.0 Å². The van der Waals surface area contributed by atoms with Gasteiger partial charge in [0.1, 0.15) is 4.88 Å². The zero-order valence-corrected chi connectivity index (χ0v) is 16.8. The van der Waals surface area contributed by atoms with E-state index in [0.29, 0.717) is 23.1 Å². The summed E-state index contributed by atoms with van der Waals surface area (Å²) in [6.07, 6.45) is 3.04. The first-order valence-electron chi connectivity index (χ1n) is 9.64. The third kappa shape index (κ3) is 3.35. The molecule has 28 heavy (non-hydrogen) atoms. The largest absolute Gasteiger partial charge is 0.492 e. The van der Waals surface area contributed by atoms with Crippen LogP contribution in [0.1, 0.15) is 49.0 Å². The van der Waals surface area contributed by atoms with Crippen molar-refractivity contribution in [3.63, 3.8) is 0 Å². The Bertz CT molecular complexity index is 997. The predicted molar refractivity (Wildman–Crippen MR) is 106 cm³/mol. The topological polar surface area (TPSA) is 98.0 Å². The normalized spacial score (nSPS) is 21.1. The van der Waals surface area contributed by atoms with E-state index in [1.54, 1.807) is 12.1 Å². The monoisotopic (exact) mass is 402 g/mol. The number of quaternary nitrogens is 1. The van der Waals surface area contributed by atoms with E-state index >= 15 is 0 Å².